The molecule has 1 atom stereocenters. The fourth-order valence-electron chi connectivity index (χ4n) is 3.96. The first-order valence-corrected chi connectivity index (χ1v) is 11.8. The zero-order chi connectivity index (χ0) is 22.6. The zero-order valence-corrected chi connectivity index (χ0v) is 18.6. The second kappa shape index (κ2) is 9.65. The Kier molecular flexibility index (Phi) is 6.69. The summed E-state index contributed by atoms with van der Waals surface area (Å²) in [7, 11) is -2.81. The van der Waals surface area contributed by atoms with Crippen LogP contribution in [0.1, 0.15) is 27.0 Å². The fourth-order valence-corrected chi connectivity index (χ4v) is 5.73. The van der Waals surface area contributed by atoms with E-state index in [0.717, 1.165) is 16.7 Å². The number of benzene rings is 3. The average molecular weight is 452 g/mol. The maximum absolute atomic E-state index is 14.0. The lowest BCUT2D eigenvalue weighted by Gasteiger charge is -2.34. The highest BCUT2D eigenvalue weighted by molar-refractivity contribution is 7.89. The van der Waals surface area contributed by atoms with Crippen LogP contribution in [0.5, 0.6) is 0 Å². The highest BCUT2D eigenvalue weighted by Gasteiger charge is 2.36. The molecule has 3 aromatic rings. The van der Waals surface area contributed by atoms with Crippen LogP contribution in [0.4, 0.5) is 0 Å². The SMILES string of the molecule is COC(=O)c1ccccc1S(=O)(=O)N1Cc2ccccc2COCC1Cc1ccccc1. The molecule has 0 N–H and O–H groups in total. The van der Waals surface area contributed by atoms with E-state index < -0.39 is 22.0 Å². The maximum atomic E-state index is 14.0. The highest BCUT2D eigenvalue weighted by atomic mass is 32.2. The molecule has 0 amide bonds. The number of ether oxygens (including phenoxy) is 2. The van der Waals surface area contributed by atoms with Crippen molar-refractivity contribution in [2.75, 3.05) is 13.7 Å². The Morgan fingerprint density at radius 3 is 2.38 bits per heavy atom. The lowest BCUT2D eigenvalue weighted by atomic mass is 10.0. The third kappa shape index (κ3) is 4.60. The van der Waals surface area contributed by atoms with E-state index in [1.54, 1.807) is 12.1 Å². The van der Waals surface area contributed by atoms with Crippen LogP contribution in [0.2, 0.25) is 0 Å². The van der Waals surface area contributed by atoms with Gasteiger partial charge in [-0.3, -0.25) is 0 Å². The third-order valence-corrected chi connectivity index (χ3v) is 7.57. The molecule has 1 unspecified atom stereocenters. The van der Waals surface area contributed by atoms with Crippen LogP contribution < -0.4 is 0 Å². The molecule has 0 aliphatic carbocycles. The summed E-state index contributed by atoms with van der Waals surface area (Å²) in [5.74, 6) is -0.688. The molecule has 6 nitrogen and oxygen atoms in total. The molecule has 0 saturated carbocycles. The van der Waals surface area contributed by atoms with Crippen LogP contribution in [0.3, 0.4) is 0 Å². The normalized spacial score (nSPS) is 17.1. The van der Waals surface area contributed by atoms with Gasteiger partial charge in [0.05, 0.1) is 36.8 Å². The van der Waals surface area contributed by atoms with Gasteiger partial charge in [-0.05, 0) is 35.2 Å². The van der Waals surface area contributed by atoms with Crippen molar-refractivity contribution in [1.82, 2.24) is 4.31 Å². The molecule has 4 rings (SSSR count). The number of hydrogen-bond acceptors (Lipinski definition) is 5. The Hall–Kier alpha value is -3.00. The molecule has 0 spiro atoms. The highest BCUT2D eigenvalue weighted by Crippen LogP contribution is 2.29. The van der Waals surface area contributed by atoms with Gasteiger partial charge in [0, 0.05) is 6.54 Å². The summed E-state index contributed by atoms with van der Waals surface area (Å²) in [6.45, 7) is 0.853. The number of rotatable bonds is 5. The van der Waals surface area contributed by atoms with Crippen LogP contribution in [-0.2, 0) is 39.1 Å². The summed E-state index contributed by atoms with van der Waals surface area (Å²) in [4.78, 5) is 12.3. The summed E-state index contributed by atoms with van der Waals surface area (Å²) >= 11 is 0. The molecule has 7 heteroatoms. The quantitative estimate of drug-likeness (QED) is 0.552. The van der Waals surface area contributed by atoms with Crippen LogP contribution in [0.25, 0.3) is 0 Å². The number of sulfonamides is 1. The lowest BCUT2D eigenvalue weighted by Crippen LogP contribution is -2.45. The number of fused-ring (bicyclic) bond motifs is 1. The first kappa shape index (κ1) is 22.2. The Bertz CT molecular complexity index is 1190. The molecule has 32 heavy (non-hydrogen) atoms. The maximum Gasteiger partial charge on any atom is 0.339 e. The molecule has 0 saturated heterocycles. The van der Waals surface area contributed by atoms with E-state index in [9.17, 15) is 13.2 Å². The number of carbonyl (C=O) groups excluding carboxylic acids is 1. The molecule has 1 aliphatic heterocycles. The van der Waals surface area contributed by atoms with E-state index in [1.165, 1.54) is 23.5 Å². The Morgan fingerprint density at radius 2 is 1.62 bits per heavy atom. The van der Waals surface area contributed by atoms with Crippen molar-refractivity contribution in [2.24, 2.45) is 0 Å². The molecule has 0 radical (unpaired) electrons. The molecule has 1 aliphatic rings. The van der Waals surface area contributed by atoms with Gasteiger partial charge in [-0.25, -0.2) is 13.2 Å². The zero-order valence-electron chi connectivity index (χ0n) is 17.8. The topological polar surface area (TPSA) is 72.9 Å². The Morgan fingerprint density at radius 1 is 0.969 bits per heavy atom. The predicted molar refractivity (Wildman–Crippen MR) is 121 cm³/mol. The monoisotopic (exact) mass is 451 g/mol. The third-order valence-electron chi connectivity index (χ3n) is 5.61. The number of carbonyl (C=O) groups is 1. The van der Waals surface area contributed by atoms with Gasteiger partial charge in [0.2, 0.25) is 10.0 Å². The minimum absolute atomic E-state index is 0.0183. The second-order valence-electron chi connectivity index (χ2n) is 7.67. The molecule has 166 valence electrons. The van der Waals surface area contributed by atoms with Crippen LogP contribution in [0, 0.1) is 0 Å². The molecule has 0 bridgehead atoms. The van der Waals surface area contributed by atoms with Gasteiger partial charge < -0.3 is 9.47 Å². The predicted octanol–water partition coefficient (Wildman–Crippen LogP) is 3.81. The van der Waals surface area contributed by atoms with Crippen LogP contribution in [0.15, 0.2) is 83.8 Å². The molecular formula is C25H25NO5S. The van der Waals surface area contributed by atoms with Gasteiger partial charge >= 0.3 is 5.97 Å². The summed E-state index contributed by atoms with van der Waals surface area (Å²) in [5.41, 5.74) is 2.86. The molecule has 3 aromatic carbocycles. The lowest BCUT2D eigenvalue weighted by molar-refractivity contribution is 0.0594. The first-order valence-electron chi connectivity index (χ1n) is 10.4. The minimum atomic E-state index is -4.05. The van der Waals surface area contributed by atoms with E-state index in [2.05, 4.69) is 0 Å². The second-order valence-corrected chi connectivity index (χ2v) is 9.52. The van der Waals surface area contributed by atoms with Gasteiger partial charge in [-0.1, -0.05) is 66.7 Å². The van der Waals surface area contributed by atoms with Crippen LogP contribution >= 0.6 is 0 Å². The Balaban J connectivity index is 1.81. The van der Waals surface area contributed by atoms with Crippen molar-refractivity contribution < 1.29 is 22.7 Å². The van der Waals surface area contributed by atoms with Crippen molar-refractivity contribution in [2.45, 2.75) is 30.5 Å². The van der Waals surface area contributed by atoms with Gasteiger partial charge in [0.1, 0.15) is 0 Å². The van der Waals surface area contributed by atoms with Gasteiger partial charge in [0.15, 0.2) is 0 Å². The van der Waals surface area contributed by atoms with E-state index in [1.807, 2.05) is 54.6 Å². The summed E-state index contributed by atoms with van der Waals surface area (Å²) in [5, 5.41) is 0. The van der Waals surface area contributed by atoms with Crippen molar-refractivity contribution >= 4 is 16.0 Å². The summed E-state index contributed by atoms with van der Waals surface area (Å²) < 4.78 is 40.2. The minimum Gasteiger partial charge on any atom is -0.465 e. The standard InChI is InChI=1S/C25H25NO5S/c1-30-25(27)23-13-7-8-14-24(23)32(28,29)26-16-20-11-5-6-12-21(20)17-31-18-22(26)15-19-9-3-2-4-10-19/h2-14,22H,15-18H2,1H3. The first-order chi connectivity index (χ1) is 15.5. The number of esters is 1. The van der Waals surface area contributed by atoms with Crippen LogP contribution in [-0.4, -0.2) is 38.5 Å². The van der Waals surface area contributed by atoms with Crippen molar-refractivity contribution in [3.63, 3.8) is 0 Å². The number of methoxy groups -OCH3 is 1. The van der Waals surface area contributed by atoms with E-state index >= 15 is 0 Å². The van der Waals surface area contributed by atoms with Crippen molar-refractivity contribution in [3.05, 3.63) is 101 Å². The largest absolute Gasteiger partial charge is 0.465 e. The van der Waals surface area contributed by atoms with Gasteiger partial charge in [0.25, 0.3) is 0 Å². The number of hydrogen-bond donors (Lipinski definition) is 0. The number of nitrogens with zero attached hydrogens (tertiary/aromatic N) is 1. The Labute approximate surface area is 188 Å². The van der Waals surface area contributed by atoms with Crippen molar-refractivity contribution in [1.29, 1.82) is 0 Å². The van der Waals surface area contributed by atoms with Gasteiger partial charge in [-0.2, -0.15) is 4.31 Å². The van der Waals surface area contributed by atoms with Gasteiger partial charge in [-0.15, -0.1) is 0 Å². The van der Waals surface area contributed by atoms with E-state index in [4.69, 9.17) is 9.47 Å². The molecule has 0 fully saturated rings. The molecular weight excluding hydrogens is 426 g/mol. The van der Waals surface area contributed by atoms with E-state index in [-0.39, 0.29) is 23.6 Å². The summed E-state index contributed by atoms with van der Waals surface area (Å²) in [6, 6.07) is 23.1. The summed E-state index contributed by atoms with van der Waals surface area (Å²) in [6.07, 6.45) is 0.489. The molecule has 0 aromatic heterocycles. The fraction of sp³-hybridized carbons (Fsp3) is 0.240. The smallest absolute Gasteiger partial charge is 0.339 e. The molecule has 1 heterocycles. The van der Waals surface area contributed by atoms with E-state index in [0.29, 0.717) is 13.0 Å². The van der Waals surface area contributed by atoms with Crippen molar-refractivity contribution in [3.8, 4) is 0 Å². The average Bonchev–Trinajstić information content (AvgIpc) is 2.81.